The van der Waals surface area contributed by atoms with Crippen LogP contribution >= 0.6 is 0 Å². The molecule has 1 aliphatic rings. The van der Waals surface area contributed by atoms with Crippen LogP contribution in [0.1, 0.15) is 0 Å². The molecule has 1 aliphatic heterocycles. The molecule has 5 atom stereocenters. The number of rotatable bonds is 5. The Morgan fingerprint density at radius 1 is 0.971 bits per heavy atom. The number of methoxy groups -OCH3 is 1. The lowest BCUT2D eigenvalue weighted by molar-refractivity contribution is -0.277. The Balaban J connectivity index is 1.81. The molecule has 0 aliphatic carbocycles. The van der Waals surface area contributed by atoms with Gasteiger partial charge >= 0.3 is 0 Å². The van der Waals surface area contributed by atoms with Crippen molar-refractivity contribution in [2.75, 3.05) is 13.7 Å². The number of aromatic hydroxyl groups is 3. The molecule has 5 unspecified atom stereocenters. The molecule has 1 saturated heterocycles. The summed E-state index contributed by atoms with van der Waals surface area (Å²) in [5, 5.41) is 69.6. The van der Waals surface area contributed by atoms with E-state index in [-0.39, 0.29) is 22.4 Å². The van der Waals surface area contributed by atoms with Gasteiger partial charge in [-0.15, -0.1) is 0 Å². The second-order valence-corrected chi connectivity index (χ2v) is 7.63. The molecule has 2 heterocycles. The lowest BCUT2D eigenvalue weighted by Crippen LogP contribution is -2.60. The van der Waals surface area contributed by atoms with Gasteiger partial charge in [0.1, 0.15) is 41.8 Å². The minimum atomic E-state index is -1.79. The standard InChI is InChI=1S/C22H22O12/c1-31-13-4-8(2-3-10(13)24)9-7-32-21-15(16(9)27)11(25)5-12(26)20(21)34-22-19(30)18(29)17(28)14(6-23)33-22/h2-5,7,14,17-19,22-26,28-30H,6H2,1H3. The summed E-state index contributed by atoms with van der Waals surface area (Å²) in [4.78, 5) is 13.2. The van der Waals surface area contributed by atoms with Gasteiger partial charge in [-0.3, -0.25) is 4.79 Å². The number of phenols is 3. The maximum absolute atomic E-state index is 13.2. The number of ether oxygens (including phenoxy) is 3. The van der Waals surface area contributed by atoms with E-state index >= 15 is 0 Å². The van der Waals surface area contributed by atoms with Crippen molar-refractivity contribution in [3.05, 3.63) is 40.8 Å². The van der Waals surface area contributed by atoms with Gasteiger partial charge in [0.25, 0.3) is 0 Å². The van der Waals surface area contributed by atoms with Gasteiger partial charge in [-0.25, -0.2) is 0 Å². The molecule has 1 fully saturated rings. The summed E-state index contributed by atoms with van der Waals surface area (Å²) in [6, 6.07) is 4.94. The fourth-order valence-electron chi connectivity index (χ4n) is 3.69. The normalized spacial score (nSPS) is 24.8. The van der Waals surface area contributed by atoms with Crippen LogP contribution in [-0.4, -0.2) is 80.2 Å². The molecule has 182 valence electrons. The summed E-state index contributed by atoms with van der Waals surface area (Å²) in [5.74, 6) is -1.86. The third-order valence-electron chi connectivity index (χ3n) is 5.54. The van der Waals surface area contributed by atoms with Crippen molar-refractivity contribution >= 4 is 11.0 Å². The van der Waals surface area contributed by atoms with E-state index in [0.717, 1.165) is 12.3 Å². The van der Waals surface area contributed by atoms with Gasteiger partial charge in [-0.1, -0.05) is 6.07 Å². The van der Waals surface area contributed by atoms with Gasteiger partial charge in [-0.05, 0) is 17.7 Å². The number of aliphatic hydroxyl groups excluding tert-OH is 4. The van der Waals surface area contributed by atoms with Crippen molar-refractivity contribution in [3.63, 3.8) is 0 Å². The van der Waals surface area contributed by atoms with Gasteiger partial charge in [0, 0.05) is 6.07 Å². The van der Waals surface area contributed by atoms with E-state index in [4.69, 9.17) is 18.6 Å². The Labute approximate surface area is 191 Å². The van der Waals surface area contributed by atoms with E-state index in [9.17, 15) is 40.5 Å². The third kappa shape index (κ3) is 3.87. The summed E-state index contributed by atoms with van der Waals surface area (Å²) >= 11 is 0. The first-order valence-corrected chi connectivity index (χ1v) is 10.0. The summed E-state index contributed by atoms with van der Waals surface area (Å²) in [6.07, 6.45) is -7.10. The maximum atomic E-state index is 13.2. The fraction of sp³-hybridized carbons (Fsp3) is 0.318. The van der Waals surface area contributed by atoms with E-state index in [1.54, 1.807) is 0 Å². The quantitative estimate of drug-likeness (QED) is 0.254. The van der Waals surface area contributed by atoms with Gasteiger partial charge in [0.05, 0.1) is 19.3 Å². The SMILES string of the molecule is COc1cc(-c2coc3c(OC4OC(CO)C(O)C(O)C4O)c(O)cc(O)c3c2=O)ccc1O. The average molecular weight is 478 g/mol. The van der Waals surface area contributed by atoms with Crippen LogP contribution in [0.25, 0.3) is 22.1 Å². The van der Waals surface area contributed by atoms with E-state index in [1.807, 2.05) is 0 Å². The van der Waals surface area contributed by atoms with E-state index in [1.165, 1.54) is 25.3 Å². The van der Waals surface area contributed by atoms with Crippen LogP contribution in [-0.2, 0) is 4.74 Å². The van der Waals surface area contributed by atoms with E-state index < -0.39 is 65.6 Å². The Hall–Kier alpha value is -3.55. The first kappa shape index (κ1) is 23.6. The van der Waals surface area contributed by atoms with Crippen LogP contribution in [0.2, 0.25) is 0 Å². The van der Waals surface area contributed by atoms with Crippen molar-refractivity contribution in [3.8, 4) is 39.9 Å². The molecule has 4 rings (SSSR count). The van der Waals surface area contributed by atoms with Gasteiger partial charge < -0.3 is 54.4 Å². The lowest BCUT2D eigenvalue weighted by Gasteiger charge is -2.39. The zero-order valence-corrected chi connectivity index (χ0v) is 17.7. The first-order valence-electron chi connectivity index (χ1n) is 10.0. The molecule has 3 aromatic rings. The molecule has 0 spiro atoms. The zero-order chi connectivity index (χ0) is 24.7. The highest BCUT2D eigenvalue weighted by Gasteiger charge is 2.45. The van der Waals surface area contributed by atoms with Crippen LogP contribution in [0, 0.1) is 0 Å². The van der Waals surface area contributed by atoms with E-state index in [0.29, 0.717) is 5.56 Å². The second kappa shape index (κ2) is 9.00. The molecule has 34 heavy (non-hydrogen) atoms. The van der Waals surface area contributed by atoms with Crippen molar-refractivity contribution in [2.24, 2.45) is 0 Å². The smallest absolute Gasteiger partial charge is 0.229 e. The second-order valence-electron chi connectivity index (χ2n) is 7.63. The highest BCUT2D eigenvalue weighted by molar-refractivity contribution is 5.93. The number of hydrogen-bond donors (Lipinski definition) is 7. The molecular weight excluding hydrogens is 456 g/mol. The van der Waals surface area contributed by atoms with Crippen LogP contribution in [0.4, 0.5) is 0 Å². The molecule has 0 amide bonds. The Bertz CT molecular complexity index is 1270. The molecule has 7 N–H and O–H groups in total. The summed E-state index contributed by atoms with van der Waals surface area (Å²) in [7, 11) is 1.33. The van der Waals surface area contributed by atoms with Gasteiger partial charge in [0.15, 0.2) is 22.8 Å². The highest BCUT2D eigenvalue weighted by atomic mass is 16.7. The monoisotopic (exact) mass is 478 g/mol. The van der Waals surface area contributed by atoms with Gasteiger partial charge in [-0.2, -0.15) is 0 Å². The van der Waals surface area contributed by atoms with Crippen LogP contribution in [0.3, 0.4) is 0 Å². The number of hydrogen-bond acceptors (Lipinski definition) is 12. The topological polar surface area (TPSA) is 200 Å². The number of fused-ring (bicyclic) bond motifs is 1. The fourth-order valence-corrected chi connectivity index (χ4v) is 3.69. The third-order valence-corrected chi connectivity index (χ3v) is 5.54. The lowest BCUT2D eigenvalue weighted by atomic mass is 9.99. The molecule has 0 bridgehead atoms. The van der Waals surface area contributed by atoms with Crippen molar-refractivity contribution in [1.29, 1.82) is 0 Å². The number of benzene rings is 2. The average Bonchev–Trinajstić information content (AvgIpc) is 2.81. The van der Waals surface area contributed by atoms with Crippen molar-refractivity contribution < 1.29 is 54.4 Å². The molecule has 1 aromatic heterocycles. The minimum Gasteiger partial charge on any atom is -0.507 e. The zero-order valence-electron chi connectivity index (χ0n) is 17.7. The van der Waals surface area contributed by atoms with Crippen LogP contribution < -0.4 is 14.9 Å². The highest BCUT2D eigenvalue weighted by Crippen LogP contribution is 2.42. The van der Waals surface area contributed by atoms with Gasteiger partial charge in [0.2, 0.25) is 17.5 Å². The van der Waals surface area contributed by atoms with Crippen LogP contribution in [0.5, 0.6) is 28.7 Å². The summed E-state index contributed by atoms with van der Waals surface area (Å²) < 4.78 is 21.3. The van der Waals surface area contributed by atoms with Crippen LogP contribution in [0.15, 0.2) is 39.7 Å². The first-order chi connectivity index (χ1) is 16.2. The van der Waals surface area contributed by atoms with E-state index in [2.05, 4.69) is 0 Å². The Morgan fingerprint density at radius 2 is 1.71 bits per heavy atom. The molecular formula is C22H22O12. The molecule has 2 aromatic carbocycles. The van der Waals surface area contributed by atoms with Crippen molar-refractivity contribution in [1.82, 2.24) is 0 Å². The number of phenolic OH excluding ortho intramolecular Hbond substituents is 3. The maximum Gasteiger partial charge on any atom is 0.229 e. The largest absolute Gasteiger partial charge is 0.507 e. The Kier molecular flexibility index (Phi) is 6.25. The predicted octanol–water partition coefficient (Wildman–Crippen LogP) is -0.236. The molecule has 12 heteroatoms. The Morgan fingerprint density at radius 3 is 2.38 bits per heavy atom. The minimum absolute atomic E-state index is 0.00872. The predicted molar refractivity (Wildman–Crippen MR) is 114 cm³/mol. The number of aliphatic hydroxyl groups is 4. The summed E-state index contributed by atoms with van der Waals surface area (Å²) in [5.41, 5.74) is -0.821. The molecule has 0 radical (unpaired) electrons. The summed E-state index contributed by atoms with van der Waals surface area (Å²) in [6.45, 7) is -0.707. The molecule has 0 saturated carbocycles. The van der Waals surface area contributed by atoms with Crippen molar-refractivity contribution in [2.45, 2.75) is 30.7 Å². The molecule has 12 nitrogen and oxygen atoms in total.